The average Bonchev–Trinajstić information content (AvgIpc) is 2.59. The van der Waals surface area contributed by atoms with Gasteiger partial charge in [0, 0.05) is 6.04 Å². The van der Waals surface area contributed by atoms with Crippen molar-refractivity contribution >= 4 is 33.6 Å². The summed E-state index contributed by atoms with van der Waals surface area (Å²) >= 11 is 1.53. The highest BCUT2D eigenvalue weighted by Crippen LogP contribution is 2.30. The Morgan fingerprint density at radius 3 is 2.38 bits per heavy atom. The van der Waals surface area contributed by atoms with E-state index in [9.17, 15) is 18.0 Å². The monoisotopic (exact) mass is 452 g/mol. The van der Waals surface area contributed by atoms with Gasteiger partial charge in [0.1, 0.15) is 6.04 Å². The Morgan fingerprint density at radius 2 is 1.86 bits per heavy atom. The van der Waals surface area contributed by atoms with Crippen LogP contribution >= 0.6 is 11.8 Å². The smallest absolute Gasteiger partial charge is 0.405 e. The first-order chi connectivity index (χ1) is 13.5. The fraction of sp³-hybridized carbons (Fsp3) is 0.895. The Morgan fingerprint density at radius 1 is 1.21 bits per heavy atom. The normalized spacial score (nSPS) is 23.8. The van der Waals surface area contributed by atoms with Crippen LogP contribution in [0.4, 0.5) is 4.79 Å². The molecule has 8 nitrogen and oxygen atoms in total. The number of nitrogens with one attached hydrogen (secondary N) is 2. The van der Waals surface area contributed by atoms with Crippen molar-refractivity contribution in [1.82, 2.24) is 10.6 Å². The van der Waals surface area contributed by atoms with Gasteiger partial charge in [0.05, 0.1) is 23.2 Å². The number of carbonyl (C=O) groups is 2. The number of amides is 2. The number of hydrogen-bond donors (Lipinski definition) is 3. The molecule has 0 aliphatic heterocycles. The quantitative estimate of drug-likeness (QED) is 0.439. The lowest BCUT2D eigenvalue weighted by atomic mass is 9.83. The van der Waals surface area contributed by atoms with Gasteiger partial charge >= 0.3 is 6.09 Å². The van der Waals surface area contributed by atoms with Crippen LogP contribution in [-0.2, 0) is 19.4 Å². The number of thioether (sulfide) groups is 1. The lowest BCUT2D eigenvalue weighted by Gasteiger charge is -2.38. The third-order valence-electron chi connectivity index (χ3n) is 5.12. The van der Waals surface area contributed by atoms with E-state index >= 15 is 0 Å². The standard InChI is InChI=1S/C19H36N2O6S2/c1-12(2)27-15-6-7-16(14(10-15)11-29(25,26)13(3)4)20-18(22)17(8-9-28-5)21-19(23)24/h12-17,21H,6-11H2,1-5H3,(H,20,22)(H,23,24)/t14-,15-,16-,17?/m0/s1. The highest BCUT2D eigenvalue weighted by molar-refractivity contribution is 7.98. The maximum atomic E-state index is 12.7. The first kappa shape index (κ1) is 26.0. The molecule has 29 heavy (non-hydrogen) atoms. The molecule has 1 unspecified atom stereocenters. The van der Waals surface area contributed by atoms with E-state index in [0.717, 1.165) is 6.42 Å². The molecule has 0 spiro atoms. The fourth-order valence-electron chi connectivity index (χ4n) is 3.53. The van der Waals surface area contributed by atoms with Crippen molar-refractivity contribution in [3.63, 3.8) is 0 Å². The van der Waals surface area contributed by atoms with Crippen LogP contribution in [0.15, 0.2) is 0 Å². The molecule has 0 saturated heterocycles. The molecule has 0 bridgehead atoms. The van der Waals surface area contributed by atoms with Crippen LogP contribution in [0.5, 0.6) is 0 Å². The molecule has 0 aromatic rings. The molecule has 4 atom stereocenters. The van der Waals surface area contributed by atoms with Gasteiger partial charge in [0.2, 0.25) is 5.91 Å². The third-order valence-corrected chi connectivity index (χ3v) is 8.09. The van der Waals surface area contributed by atoms with Gasteiger partial charge in [0.15, 0.2) is 9.84 Å². The number of ether oxygens (including phenoxy) is 1. The van der Waals surface area contributed by atoms with Crippen LogP contribution < -0.4 is 10.6 Å². The largest absolute Gasteiger partial charge is 0.465 e. The van der Waals surface area contributed by atoms with Crippen LogP contribution in [-0.4, -0.2) is 72.8 Å². The van der Waals surface area contributed by atoms with Gasteiger partial charge in [-0.3, -0.25) is 4.79 Å². The fourth-order valence-corrected chi connectivity index (χ4v) is 5.35. The minimum atomic E-state index is -3.29. The van der Waals surface area contributed by atoms with Crippen LogP contribution in [0.1, 0.15) is 53.4 Å². The Kier molecular flexibility index (Phi) is 10.8. The number of hydrogen-bond acceptors (Lipinski definition) is 6. The summed E-state index contributed by atoms with van der Waals surface area (Å²) in [6, 6.07) is -1.18. The SMILES string of the molecule is CSCCC(NC(=O)O)C(=O)N[C@H]1CC[C@H](OC(C)C)C[C@H]1CS(=O)(=O)C(C)C. The molecule has 1 fully saturated rings. The van der Waals surface area contributed by atoms with Crippen LogP contribution in [0.2, 0.25) is 0 Å². The molecule has 0 aromatic heterocycles. The zero-order valence-electron chi connectivity index (χ0n) is 18.0. The van der Waals surface area contributed by atoms with E-state index in [1.165, 1.54) is 11.8 Å². The van der Waals surface area contributed by atoms with Gasteiger partial charge < -0.3 is 20.5 Å². The molecule has 0 aromatic carbocycles. The zero-order valence-corrected chi connectivity index (χ0v) is 19.6. The van der Waals surface area contributed by atoms with E-state index in [2.05, 4.69) is 10.6 Å². The summed E-state index contributed by atoms with van der Waals surface area (Å²) in [6.07, 6.45) is 2.89. The van der Waals surface area contributed by atoms with Crippen LogP contribution in [0, 0.1) is 5.92 Å². The lowest BCUT2D eigenvalue weighted by Crippen LogP contribution is -2.54. The predicted octanol–water partition coefficient (Wildman–Crippen LogP) is 2.28. The van der Waals surface area contributed by atoms with Gasteiger partial charge in [-0.05, 0) is 71.3 Å². The first-order valence-corrected chi connectivity index (χ1v) is 13.2. The molecule has 0 heterocycles. The minimum absolute atomic E-state index is 0.0184. The Bertz CT molecular complexity index is 639. The highest BCUT2D eigenvalue weighted by atomic mass is 32.2. The summed E-state index contributed by atoms with van der Waals surface area (Å²) in [4.78, 5) is 23.8. The minimum Gasteiger partial charge on any atom is -0.465 e. The number of carbonyl (C=O) groups excluding carboxylic acids is 1. The Hall–Kier alpha value is -1.00. The molecule has 170 valence electrons. The number of sulfone groups is 1. The molecule has 1 aliphatic rings. The third kappa shape index (κ3) is 9.13. The molecule has 1 rings (SSSR count). The predicted molar refractivity (Wildman–Crippen MR) is 116 cm³/mol. The van der Waals surface area contributed by atoms with Crippen molar-refractivity contribution in [1.29, 1.82) is 0 Å². The summed E-state index contributed by atoms with van der Waals surface area (Å²) < 4.78 is 31.0. The zero-order chi connectivity index (χ0) is 22.2. The molecule has 10 heteroatoms. The van der Waals surface area contributed by atoms with E-state index in [1.54, 1.807) is 13.8 Å². The molecular formula is C19H36N2O6S2. The van der Waals surface area contributed by atoms with Crippen molar-refractivity contribution in [3.8, 4) is 0 Å². The van der Waals surface area contributed by atoms with Crippen LogP contribution in [0.3, 0.4) is 0 Å². The summed E-state index contributed by atoms with van der Waals surface area (Å²) in [5.41, 5.74) is 0. The van der Waals surface area contributed by atoms with Crippen molar-refractivity contribution in [2.45, 2.75) is 82.9 Å². The lowest BCUT2D eigenvalue weighted by molar-refractivity contribution is -0.125. The van der Waals surface area contributed by atoms with Gasteiger partial charge in [-0.2, -0.15) is 11.8 Å². The van der Waals surface area contributed by atoms with Crippen molar-refractivity contribution in [3.05, 3.63) is 0 Å². The van der Waals surface area contributed by atoms with Gasteiger partial charge in [-0.25, -0.2) is 13.2 Å². The van der Waals surface area contributed by atoms with Crippen LogP contribution in [0.25, 0.3) is 0 Å². The molecule has 1 saturated carbocycles. The Labute approximate surface area is 178 Å². The maximum absolute atomic E-state index is 12.7. The Balaban J connectivity index is 2.92. The summed E-state index contributed by atoms with van der Waals surface area (Å²) in [5.74, 6) is -0.0510. The molecule has 0 radical (unpaired) electrons. The maximum Gasteiger partial charge on any atom is 0.405 e. The second kappa shape index (κ2) is 12.0. The first-order valence-electron chi connectivity index (χ1n) is 10.1. The topological polar surface area (TPSA) is 122 Å². The van der Waals surface area contributed by atoms with E-state index in [0.29, 0.717) is 25.0 Å². The van der Waals surface area contributed by atoms with E-state index in [1.807, 2.05) is 20.1 Å². The summed E-state index contributed by atoms with van der Waals surface area (Å²) in [6.45, 7) is 7.20. The molecule has 1 aliphatic carbocycles. The summed E-state index contributed by atoms with van der Waals surface area (Å²) in [5, 5.41) is 13.7. The van der Waals surface area contributed by atoms with Gasteiger partial charge in [0.25, 0.3) is 0 Å². The van der Waals surface area contributed by atoms with Gasteiger partial charge in [-0.15, -0.1) is 0 Å². The van der Waals surface area contributed by atoms with Gasteiger partial charge in [-0.1, -0.05) is 0 Å². The number of carboxylic acid groups (broad SMARTS) is 1. The van der Waals surface area contributed by atoms with E-state index < -0.39 is 33.1 Å². The van der Waals surface area contributed by atoms with E-state index in [-0.39, 0.29) is 29.9 Å². The van der Waals surface area contributed by atoms with Crippen molar-refractivity contribution < 1.29 is 27.9 Å². The molecule has 2 amide bonds. The van der Waals surface area contributed by atoms with Crippen molar-refractivity contribution in [2.24, 2.45) is 5.92 Å². The number of rotatable bonds is 11. The highest BCUT2D eigenvalue weighted by Gasteiger charge is 2.37. The molecular weight excluding hydrogens is 416 g/mol. The summed E-state index contributed by atoms with van der Waals surface area (Å²) in [7, 11) is -3.29. The molecule has 3 N–H and O–H groups in total. The van der Waals surface area contributed by atoms with E-state index in [4.69, 9.17) is 9.84 Å². The second-order valence-corrected chi connectivity index (χ2v) is 11.7. The average molecular weight is 453 g/mol. The van der Waals surface area contributed by atoms with Crippen molar-refractivity contribution in [2.75, 3.05) is 17.8 Å². The second-order valence-electron chi connectivity index (χ2n) is 8.16.